The number of carbonyl (C=O) groups excluding carboxylic acids is 2. The van der Waals surface area contributed by atoms with Crippen LogP contribution >= 0.6 is 0 Å². The highest BCUT2D eigenvalue weighted by atomic mass is 16.6. The summed E-state index contributed by atoms with van der Waals surface area (Å²) in [4.78, 5) is 22.5. The van der Waals surface area contributed by atoms with E-state index in [4.69, 9.17) is 9.47 Å². The average molecular weight is 284 g/mol. The summed E-state index contributed by atoms with van der Waals surface area (Å²) < 4.78 is 10.0. The average Bonchev–Trinajstić information content (AvgIpc) is 2.17. The molecule has 0 heterocycles. The second kappa shape index (κ2) is 7.57. The van der Waals surface area contributed by atoms with Crippen LogP contribution in [0, 0.1) is 0 Å². The molecule has 0 aliphatic carbocycles. The Morgan fingerprint density at radius 3 is 1.30 bits per heavy atom. The summed E-state index contributed by atoms with van der Waals surface area (Å²) in [5.74, 6) is 0. The summed E-state index contributed by atoms with van der Waals surface area (Å²) in [5, 5.41) is 4.86. The number of alkyl carbamates (subject to hydrolysis) is 2. The normalized spacial score (nSPS) is 12.5. The minimum Gasteiger partial charge on any atom is -0.444 e. The van der Waals surface area contributed by atoms with E-state index in [2.05, 4.69) is 10.6 Å². The van der Waals surface area contributed by atoms with Crippen LogP contribution < -0.4 is 10.6 Å². The van der Waals surface area contributed by atoms with Gasteiger partial charge in [0.1, 0.15) is 11.2 Å². The van der Waals surface area contributed by atoms with Crippen LogP contribution in [0.2, 0.25) is 0 Å². The third kappa shape index (κ3) is 12.5. The van der Waals surface area contributed by atoms with Crippen LogP contribution in [0.4, 0.5) is 9.59 Å². The van der Waals surface area contributed by atoms with E-state index < -0.39 is 23.4 Å². The van der Waals surface area contributed by atoms with Crippen LogP contribution in [0.5, 0.6) is 0 Å². The first-order valence-corrected chi connectivity index (χ1v) is 6.30. The van der Waals surface area contributed by atoms with Crippen LogP contribution in [0.1, 0.15) is 41.5 Å². The van der Waals surface area contributed by atoms with Gasteiger partial charge in [0, 0.05) is 12.4 Å². The molecular weight excluding hydrogens is 260 g/mol. The van der Waals surface area contributed by atoms with Gasteiger partial charge in [-0.15, -0.1) is 0 Å². The Kier molecular flexibility index (Phi) is 6.82. The molecule has 114 valence electrons. The van der Waals surface area contributed by atoms with Gasteiger partial charge in [0.2, 0.25) is 0 Å². The number of amides is 2. The topological polar surface area (TPSA) is 76.7 Å². The Hall–Kier alpha value is -1.98. The molecule has 2 amide bonds. The molecule has 0 aromatic heterocycles. The Morgan fingerprint density at radius 1 is 0.750 bits per heavy atom. The fourth-order valence-electron chi connectivity index (χ4n) is 0.959. The first-order valence-electron chi connectivity index (χ1n) is 6.30. The maximum absolute atomic E-state index is 11.3. The molecule has 6 heteroatoms. The smallest absolute Gasteiger partial charge is 0.411 e. The van der Waals surface area contributed by atoms with Gasteiger partial charge in [-0.2, -0.15) is 0 Å². The molecule has 0 unspecified atom stereocenters. The van der Waals surface area contributed by atoms with Crippen LogP contribution in [0.25, 0.3) is 0 Å². The van der Waals surface area contributed by atoms with Crippen LogP contribution in [-0.4, -0.2) is 23.4 Å². The lowest BCUT2D eigenvalue weighted by molar-refractivity contribution is 0.0540. The summed E-state index contributed by atoms with van der Waals surface area (Å²) in [7, 11) is 0. The Balaban J connectivity index is 3.93. The molecule has 0 saturated carbocycles. The standard InChI is InChI=1S/C14H24N2O4/c1-13(2,3)19-11(17)15-9-7-8-10-16-12(18)20-14(4,5)6/h7-10H,1-6H3,(H,15,17)(H,16,18)/b9-7+,10-8+. The van der Waals surface area contributed by atoms with Crippen LogP contribution in [0.3, 0.4) is 0 Å². The Bertz CT molecular complexity index is 349. The number of allylic oxidation sites excluding steroid dienone is 2. The molecule has 0 radical (unpaired) electrons. The zero-order valence-corrected chi connectivity index (χ0v) is 12.9. The molecule has 0 aliphatic heterocycles. The van der Waals surface area contributed by atoms with E-state index >= 15 is 0 Å². The molecule has 0 aromatic carbocycles. The Morgan fingerprint density at radius 2 is 1.05 bits per heavy atom. The lowest BCUT2D eigenvalue weighted by atomic mass is 10.2. The third-order valence-electron chi connectivity index (χ3n) is 1.50. The first-order chi connectivity index (χ1) is 8.99. The first kappa shape index (κ1) is 18.0. The van der Waals surface area contributed by atoms with Crippen molar-refractivity contribution < 1.29 is 19.1 Å². The number of nitrogens with one attached hydrogen (secondary N) is 2. The minimum atomic E-state index is -0.540. The van der Waals surface area contributed by atoms with Gasteiger partial charge in [0.25, 0.3) is 0 Å². The van der Waals surface area contributed by atoms with Gasteiger partial charge in [0.15, 0.2) is 0 Å². The molecule has 0 aromatic rings. The highest BCUT2D eigenvalue weighted by molar-refractivity contribution is 5.69. The third-order valence-corrected chi connectivity index (χ3v) is 1.50. The van der Waals surface area contributed by atoms with Crippen molar-refractivity contribution in [3.05, 3.63) is 24.6 Å². The second-order valence-corrected chi connectivity index (χ2v) is 6.01. The highest BCUT2D eigenvalue weighted by Crippen LogP contribution is 2.06. The Labute approximate surface area is 120 Å². The largest absolute Gasteiger partial charge is 0.444 e. The van der Waals surface area contributed by atoms with Gasteiger partial charge >= 0.3 is 12.2 Å². The molecular formula is C14H24N2O4. The quantitative estimate of drug-likeness (QED) is 0.781. The molecule has 6 nitrogen and oxygen atoms in total. The lowest BCUT2D eigenvalue weighted by Crippen LogP contribution is -2.29. The monoisotopic (exact) mass is 284 g/mol. The fourth-order valence-corrected chi connectivity index (χ4v) is 0.959. The molecule has 0 atom stereocenters. The maximum Gasteiger partial charge on any atom is 0.411 e. The molecule has 0 saturated heterocycles. The van der Waals surface area contributed by atoms with Crippen LogP contribution in [-0.2, 0) is 9.47 Å². The number of hydrogen-bond acceptors (Lipinski definition) is 4. The van der Waals surface area contributed by atoms with Crippen molar-refractivity contribution in [2.75, 3.05) is 0 Å². The van der Waals surface area contributed by atoms with Crippen molar-refractivity contribution in [2.24, 2.45) is 0 Å². The van der Waals surface area contributed by atoms with E-state index in [1.54, 1.807) is 53.7 Å². The summed E-state index contributed by atoms with van der Waals surface area (Å²) in [6, 6.07) is 0. The van der Waals surface area contributed by atoms with E-state index in [1.165, 1.54) is 12.4 Å². The van der Waals surface area contributed by atoms with E-state index in [0.717, 1.165) is 0 Å². The van der Waals surface area contributed by atoms with Gasteiger partial charge in [-0.05, 0) is 53.7 Å². The number of ether oxygens (including phenoxy) is 2. The van der Waals surface area contributed by atoms with Crippen molar-refractivity contribution in [2.45, 2.75) is 52.7 Å². The van der Waals surface area contributed by atoms with Crippen molar-refractivity contribution >= 4 is 12.2 Å². The summed E-state index contributed by atoms with van der Waals surface area (Å²) in [6.07, 6.45) is 4.81. The summed E-state index contributed by atoms with van der Waals surface area (Å²) >= 11 is 0. The summed E-state index contributed by atoms with van der Waals surface area (Å²) in [6.45, 7) is 10.7. The van der Waals surface area contributed by atoms with Crippen molar-refractivity contribution in [1.82, 2.24) is 10.6 Å². The van der Waals surface area contributed by atoms with Gasteiger partial charge in [-0.1, -0.05) is 0 Å². The molecule has 0 rings (SSSR count). The van der Waals surface area contributed by atoms with Crippen molar-refractivity contribution in [3.63, 3.8) is 0 Å². The van der Waals surface area contributed by atoms with E-state index in [1.807, 2.05) is 0 Å². The molecule has 2 N–H and O–H groups in total. The van der Waals surface area contributed by atoms with Gasteiger partial charge in [0.05, 0.1) is 0 Å². The van der Waals surface area contributed by atoms with Gasteiger partial charge in [-0.3, -0.25) is 10.6 Å². The molecule has 0 aliphatic rings. The minimum absolute atomic E-state index is 0.536. The van der Waals surface area contributed by atoms with E-state index in [0.29, 0.717) is 0 Å². The predicted molar refractivity (Wildman–Crippen MR) is 77.0 cm³/mol. The van der Waals surface area contributed by atoms with E-state index in [-0.39, 0.29) is 0 Å². The van der Waals surface area contributed by atoms with Gasteiger partial charge < -0.3 is 9.47 Å². The van der Waals surface area contributed by atoms with Gasteiger partial charge in [-0.25, -0.2) is 9.59 Å². The van der Waals surface area contributed by atoms with Crippen molar-refractivity contribution in [3.8, 4) is 0 Å². The number of hydrogen-bond donors (Lipinski definition) is 2. The highest BCUT2D eigenvalue weighted by Gasteiger charge is 2.15. The zero-order chi connectivity index (χ0) is 15.8. The van der Waals surface area contributed by atoms with Crippen molar-refractivity contribution in [1.29, 1.82) is 0 Å². The molecule has 0 spiro atoms. The molecule has 0 bridgehead atoms. The predicted octanol–water partition coefficient (Wildman–Crippen LogP) is 3.06. The SMILES string of the molecule is CC(C)(C)OC(=O)N/C=C/C=C/NC(=O)OC(C)(C)C. The number of rotatable bonds is 3. The fraction of sp³-hybridized carbons (Fsp3) is 0.571. The second-order valence-electron chi connectivity index (χ2n) is 6.01. The van der Waals surface area contributed by atoms with Crippen LogP contribution in [0.15, 0.2) is 24.6 Å². The molecule has 20 heavy (non-hydrogen) atoms. The lowest BCUT2D eigenvalue weighted by Gasteiger charge is -2.18. The zero-order valence-electron chi connectivity index (χ0n) is 12.9. The van der Waals surface area contributed by atoms with E-state index in [9.17, 15) is 9.59 Å². The summed E-state index contributed by atoms with van der Waals surface area (Å²) in [5.41, 5.74) is -1.07. The maximum atomic E-state index is 11.3. The number of carbonyl (C=O) groups is 2. The molecule has 0 fully saturated rings.